The molecule has 1 amide bonds. The molecule has 1 atom stereocenters. The number of nitrogens with one attached hydrogen (secondary N) is 1. The highest BCUT2D eigenvalue weighted by Crippen LogP contribution is 2.21. The molecule has 3 rings (SSSR count). The maximum atomic E-state index is 11.9. The Kier molecular flexibility index (Phi) is 6.24. The largest absolute Gasteiger partial charge is 0.489 e. The highest BCUT2D eigenvalue weighted by atomic mass is 16.5. The fourth-order valence-electron chi connectivity index (χ4n) is 2.84. The number of hydrogen-bond donors (Lipinski definition) is 3. The van der Waals surface area contributed by atoms with E-state index in [2.05, 4.69) is 23.5 Å². The topological polar surface area (TPSA) is 102 Å². The Bertz CT molecular complexity index is 964. The summed E-state index contributed by atoms with van der Waals surface area (Å²) in [7, 11) is 0. The molecule has 0 spiro atoms. The lowest BCUT2D eigenvalue weighted by Crippen LogP contribution is -2.42. The van der Waals surface area contributed by atoms with Crippen LogP contribution in [0, 0.1) is 0 Å². The number of carboxylic acid groups (broad SMARTS) is 1. The van der Waals surface area contributed by atoms with Crippen LogP contribution in [-0.4, -0.2) is 29.6 Å². The van der Waals surface area contributed by atoms with E-state index in [1.807, 2.05) is 48.5 Å². The zero-order valence-electron chi connectivity index (χ0n) is 15.3. The second-order valence-corrected chi connectivity index (χ2v) is 6.50. The van der Waals surface area contributed by atoms with Gasteiger partial charge in [0.05, 0.1) is 6.42 Å². The van der Waals surface area contributed by atoms with Crippen molar-refractivity contribution in [1.82, 2.24) is 5.32 Å². The summed E-state index contributed by atoms with van der Waals surface area (Å²) in [5.74, 6) is -0.709. The van der Waals surface area contributed by atoms with Crippen LogP contribution in [0.2, 0.25) is 0 Å². The lowest BCUT2D eigenvalue weighted by Gasteiger charge is -2.10. The lowest BCUT2D eigenvalue weighted by molar-refractivity contribution is -0.138. The molecule has 0 aliphatic rings. The van der Waals surface area contributed by atoms with Crippen LogP contribution in [0.4, 0.5) is 0 Å². The van der Waals surface area contributed by atoms with Gasteiger partial charge in [0, 0.05) is 6.54 Å². The van der Waals surface area contributed by atoms with E-state index < -0.39 is 12.0 Å². The van der Waals surface area contributed by atoms with Gasteiger partial charge in [0.2, 0.25) is 5.91 Å². The molecular weight excluding hydrogens is 356 g/mol. The molecule has 0 aromatic heterocycles. The number of carbonyl (C=O) groups is 2. The number of nitrogens with two attached hydrogens (primary N) is 1. The molecule has 4 N–H and O–H groups in total. The van der Waals surface area contributed by atoms with Crippen LogP contribution in [-0.2, 0) is 22.6 Å². The molecule has 3 aromatic rings. The van der Waals surface area contributed by atoms with E-state index in [4.69, 9.17) is 15.6 Å². The Morgan fingerprint density at radius 3 is 2.46 bits per heavy atom. The molecule has 1 unspecified atom stereocenters. The maximum Gasteiger partial charge on any atom is 0.322 e. The third kappa shape index (κ3) is 5.08. The molecule has 3 aromatic carbocycles. The average molecular weight is 378 g/mol. The molecular formula is C22H22N2O4. The summed E-state index contributed by atoms with van der Waals surface area (Å²) < 4.78 is 5.88. The van der Waals surface area contributed by atoms with Gasteiger partial charge in [0.25, 0.3) is 0 Å². The van der Waals surface area contributed by atoms with E-state index in [1.165, 1.54) is 5.39 Å². The predicted octanol–water partition coefficient (Wildman–Crippen LogP) is 2.49. The maximum absolute atomic E-state index is 11.9. The van der Waals surface area contributed by atoms with Crippen molar-refractivity contribution in [2.45, 2.75) is 19.1 Å². The van der Waals surface area contributed by atoms with Crippen molar-refractivity contribution in [3.8, 4) is 5.75 Å². The van der Waals surface area contributed by atoms with Crippen molar-refractivity contribution >= 4 is 22.6 Å². The molecule has 6 heteroatoms. The van der Waals surface area contributed by atoms with Crippen LogP contribution in [0.3, 0.4) is 0 Å². The number of carboxylic acids is 1. The first-order chi connectivity index (χ1) is 13.5. The Balaban J connectivity index is 1.54. The number of rotatable bonds is 8. The fraction of sp³-hybridized carbons (Fsp3) is 0.182. The molecule has 0 aliphatic carbocycles. The minimum Gasteiger partial charge on any atom is -0.489 e. The number of aliphatic carboxylic acids is 1. The monoisotopic (exact) mass is 378 g/mol. The Labute approximate surface area is 162 Å². The molecule has 28 heavy (non-hydrogen) atoms. The van der Waals surface area contributed by atoms with Crippen LogP contribution < -0.4 is 15.8 Å². The summed E-state index contributed by atoms with van der Waals surface area (Å²) in [6.07, 6.45) is 0.149. The van der Waals surface area contributed by atoms with Crippen LogP contribution in [0.1, 0.15) is 11.1 Å². The van der Waals surface area contributed by atoms with Gasteiger partial charge >= 0.3 is 5.97 Å². The molecule has 0 saturated carbocycles. The van der Waals surface area contributed by atoms with Gasteiger partial charge in [0.1, 0.15) is 18.4 Å². The Morgan fingerprint density at radius 2 is 1.71 bits per heavy atom. The van der Waals surface area contributed by atoms with Gasteiger partial charge in [-0.15, -0.1) is 0 Å². The van der Waals surface area contributed by atoms with Crippen molar-refractivity contribution in [3.05, 3.63) is 77.9 Å². The van der Waals surface area contributed by atoms with Crippen molar-refractivity contribution in [2.75, 3.05) is 6.54 Å². The number of carbonyl (C=O) groups excluding carboxylic acids is 1. The lowest BCUT2D eigenvalue weighted by atomic mass is 10.1. The van der Waals surface area contributed by atoms with Crippen molar-refractivity contribution in [1.29, 1.82) is 0 Å². The quantitative estimate of drug-likeness (QED) is 0.559. The van der Waals surface area contributed by atoms with Crippen LogP contribution in [0.15, 0.2) is 66.7 Å². The van der Waals surface area contributed by atoms with E-state index in [0.717, 1.165) is 16.5 Å². The normalized spacial score (nSPS) is 11.8. The van der Waals surface area contributed by atoms with E-state index in [9.17, 15) is 9.59 Å². The standard InChI is InChI=1S/C22H22N2O4/c23-20(22(26)27)13-24-21(25)12-15-8-10-18(11-9-15)28-14-17-6-3-5-16-4-1-2-7-19(16)17/h1-11,20H,12-14,23H2,(H,24,25)(H,26,27). The summed E-state index contributed by atoms with van der Waals surface area (Å²) in [6, 6.07) is 20.5. The zero-order chi connectivity index (χ0) is 19.9. The van der Waals surface area contributed by atoms with Gasteiger partial charge in [-0.05, 0) is 34.0 Å². The third-order valence-electron chi connectivity index (χ3n) is 4.40. The van der Waals surface area contributed by atoms with Gasteiger partial charge in [-0.3, -0.25) is 9.59 Å². The molecule has 0 bridgehead atoms. The fourth-order valence-corrected chi connectivity index (χ4v) is 2.84. The highest BCUT2D eigenvalue weighted by Gasteiger charge is 2.12. The number of fused-ring (bicyclic) bond motifs is 1. The smallest absolute Gasteiger partial charge is 0.322 e. The molecule has 144 valence electrons. The van der Waals surface area contributed by atoms with E-state index >= 15 is 0 Å². The Morgan fingerprint density at radius 1 is 1.00 bits per heavy atom. The predicted molar refractivity (Wildman–Crippen MR) is 107 cm³/mol. The van der Waals surface area contributed by atoms with Gasteiger partial charge in [0.15, 0.2) is 0 Å². The first-order valence-corrected chi connectivity index (χ1v) is 8.96. The van der Waals surface area contributed by atoms with E-state index in [-0.39, 0.29) is 18.9 Å². The van der Waals surface area contributed by atoms with Gasteiger partial charge in [-0.2, -0.15) is 0 Å². The molecule has 0 fully saturated rings. The summed E-state index contributed by atoms with van der Waals surface area (Å²) in [5.41, 5.74) is 7.28. The molecule has 0 aliphatic heterocycles. The van der Waals surface area contributed by atoms with Crippen LogP contribution in [0.25, 0.3) is 10.8 Å². The summed E-state index contributed by atoms with van der Waals surface area (Å²) >= 11 is 0. The van der Waals surface area contributed by atoms with Crippen molar-refractivity contribution in [2.24, 2.45) is 5.73 Å². The average Bonchev–Trinajstić information content (AvgIpc) is 2.71. The van der Waals surface area contributed by atoms with Gasteiger partial charge in [-0.1, -0.05) is 54.6 Å². The number of amides is 1. The summed E-state index contributed by atoms with van der Waals surface area (Å²) in [4.78, 5) is 22.5. The highest BCUT2D eigenvalue weighted by molar-refractivity contribution is 5.85. The Hall–Kier alpha value is -3.38. The van der Waals surface area contributed by atoms with Crippen molar-refractivity contribution in [3.63, 3.8) is 0 Å². The second kappa shape index (κ2) is 9.01. The van der Waals surface area contributed by atoms with Gasteiger partial charge in [-0.25, -0.2) is 0 Å². The minimum absolute atomic E-state index is 0.0968. The van der Waals surface area contributed by atoms with Crippen LogP contribution in [0.5, 0.6) is 5.75 Å². The first kappa shape index (κ1) is 19.4. The number of benzene rings is 3. The minimum atomic E-state index is -1.15. The van der Waals surface area contributed by atoms with Crippen LogP contribution >= 0.6 is 0 Å². The molecule has 6 nitrogen and oxygen atoms in total. The SMILES string of the molecule is NC(CNC(=O)Cc1ccc(OCc2cccc3ccccc23)cc1)C(=O)O. The second-order valence-electron chi connectivity index (χ2n) is 6.50. The first-order valence-electron chi connectivity index (χ1n) is 8.96. The zero-order valence-corrected chi connectivity index (χ0v) is 15.3. The number of hydrogen-bond acceptors (Lipinski definition) is 4. The van der Waals surface area contributed by atoms with E-state index in [1.54, 1.807) is 0 Å². The van der Waals surface area contributed by atoms with Crippen molar-refractivity contribution < 1.29 is 19.4 Å². The third-order valence-corrected chi connectivity index (χ3v) is 4.40. The van der Waals surface area contributed by atoms with E-state index in [0.29, 0.717) is 12.4 Å². The molecule has 0 saturated heterocycles. The summed E-state index contributed by atoms with van der Waals surface area (Å²) in [6.45, 7) is 0.356. The summed E-state index contributed by atoms with van der Waals surface area (Å²) in [5, 5.41) is 13.6. The molecule has 0 heterocycles. The van der Waals surface area contributed by atoms with Gasteiger partial charge < -0.3 is 20.9 Å². The molecule has 0 radical (unpaired) electrons. The number of ether oxygens (including phenoxy) is 1.